The molecule has 0 radical (unpaired) electrons. The number of hydrogen-bond acceptors (Lipinski definition) is 9. The van der Waals surface area contributed by atoms with Crippen molar-refractivity contribution in [1.29, 1.82) is 0 Å². The minimum Gasteiger partial charge on any atom is -0.467 e. The van der Waals surface area contributed by atoms with Crippen LogP contribution in [0.1, 0.15) is 70.9 Å². The fourth-order valence-electron chi connectivity index (χ4n) is 6.69. The van der Waals surface area contributed by atoms with E-state index in [1.165, 1.54) is 7.11 Å². The molecule has 4 aliphatic heterocycles. The molecule has 38 heavy (non-hydrogen) atoms. The summed E-state index contributed by atoms with van der Waals surface area (Å²) in [4.78, 5) is 49.6. The highest BCUT2D eigenvalue weighted by Crippen LogP contribution is 2.60. The highest BCUT2D eigenvalue weighted by Gasteiger charge is 2.69. The summed E-state index contributed by atoms with van der Waals surface area (Å²) < 4.78 is 23.1. The van der Waals surface area contributed by atoms with E-state index in [-0.39, 0.29) is 30.6 Å². The van der Waals surface area contributed by atoms with Crippen LogP contribution in [-0.2, 0) is 43.1 Å². The lowest BCUT2D eigenvalue weighted by Crippen LogP contribution is -2.70. The lowest BCUT2D eigenvalue weighted by atomic mass is 9.58. The fourth-order valence-corrected chi connectivity index (χ4v) is 6.69. The summed E-state index contributed by atoms with van der Waals surface area (Å²) in [6, 6.07) is 7.82. The number of esters is 2. The van der Waals surface area contributed by atoms with Gasteiger partial charge in [-0.15, -0.1) is 0 Å². The SMILES string of the molecule is COC(=O)[C@@H](NC(=O)CCC(=O)O[C@@H]1O[C@@H]2O[C@@]3(C)CC[C@H]4[C@H](C)CC[C@@H]([C@H]1C)[C@]24OO3)c1ccccc1. The minimum absolute atomic E-state index is 0.0258. The lowest BCUT2D eigenvalue weighted by Gasteiger charge is -2.59. The van der Waals surface area contributed by atoms with Crippen molar-refractivity contribution in [3.8, 4) is 0 Å². The molecule has 2 bridgehead atoms. The quantitative estimate of drug-likeness (QED) is 0.416. The van der Waals surface area contributed by atoms with Crippen molar-refractivity contribution in [2.75, 3.05) is 7.11 Å². The molecule has 1 aromatic rings. The molecule has 10 nitrogen and oxygen atoms in total. The first kappa shape index (κ1) is 27.1. The Labute approximate surface area is 222 Å². The normalized spacial score (nSPS) is 38.3. The van der Waals surface area contributed by atoms with Gasteiger partial charge < -0.3 is 24.3 Å². The Hall–Kier alpha value is -2.53. The van der Waals surface area contributed by atoms with Crippen LogP contribution in [0.15, 0.2) is 30.3 Å². The van der Waals surface area contributed by atoms with Crippen LogP contribution in [-0.4, -0.2) is 48.9 Å². The van der Waals surface area contributed by atoms with E-state index in [0.29, 0.717) is 17.9 Å². The third kappa shape index (κ3) is 4.83. The number of fused-ring (bicyclic) bond motifs is 2. The lowest BCUT2D eigenvalue weighted by molar-refractivity contribution is -0.576. The zero-order chi connectivity index (χ0) is 27.1. The van der Waals surface area contributed by atoms with Crippen LogP contribution in [0.5, 0.6) is 0 Å². The Balaban J connectivity index is 1.21. The Bertz CT molecular complexity index is 1050. The van der Waals surface area contributed by atoms with Crippen molar-refractivity contribution in [2.24, 2.45) is 23.7 Å². The number of carbonyl (C=O) groups excluding carboxylic acids is 3. The molecule has 1 aromatic carbocycles. The molecule has 0 aromatic heterocycles. The molecule has 0 unspecified atom stereocenters. The molecular formula is C28H37NO9. The fraction of sp³-hybridized carbons (Fsp3) is 0.679. The van der Waals surface area contributed by atoms with E-state index in [1.807, 2.05) is 19.9 Å². The van der Waals surface area contributed by atoms with Crippen molar-refractivity contribution in [3.05, 3.63) is 35.9 Å². The molecule has 5 fully saturated rings. The average Bonchev–Trinajstić information content (AvgIpc) is 3.14. The molecule has 10 heteroatoms. The summed E-state index contributed by atoms with van der Waals surface area (Å²) in [5.74, 6) is -2.03. The summed E-state index contributed by atoms with van der Waals surface area (Å²) in [5.41, 5.74) is -0.151. The second-order valence-corrected chi connectivity index (χ2v) is 11.2. The molecule has 9 atom stereocenters. The summed E-state index contributed by atoms with van der Waals surface area (Å²) in [6.45, 7) is 6.08. The Morgan fingerprint density at radius 2 is 1.82 bits per heavy atom. The van der Waals surface area contributed by atoms with E-state index in [2.05, 4.69) is 12.2 Å². The largest absolute Gasteiger partial charge is 0.467 e. The minimum atomic E-state index is -0.962. The maximum atomic E-state index is 12.8. The van der Waals surface area contributed by atoms with Crippen molar-refractivity contribution in [3.63, 3.8) is 0 Å². The van der Waals surface area contributed by atoms with Gasteiger partial charge in [-0.3, -0.25) is 9.59 Å². The van der Waals surface area contributed by atoms with E-state index in [9.17, 15) is 14.4 Å². The summed E-state index contributed by atoms with van der Waals surface area (Å²) in [5, 5.41) is 2.65. The predicted octanol–water partition coefficient (Wildman–Crippen LogP) is 3.55. The number of amides is 1. The average molecular weight is 532 g/mol. The van der Waals surface area contributed by atoms with Gasteiger partial charge in [0.25, 0.3) is 0 Å². The zero-order valence-electron chi connectivity index (χ0n) is 22.3. The van der Waals surface area contributed by atoms with Gasteiger partial charge in [-0.05, 0) is 43.6 Å². The zero-order valence-corrected chi connectivity index (χ0v) is 22.3. The highest BCUT2D eigenvalue weighted by atomic mass is 17.3. The molecule has 4 saturated heterocycles. The number of benzene rings is 1. The van der Waals surface area contributed by atoms with Gasteiger partial charge in [-0.1, -0.05) is 44.2 Å². The molecule has 4 heterocycles. The number of methoxy groups -OCH3 is 1. The van der Waals surface area contributed by atoms with E-state index in [4.69, 9.17) is 28.7 Å². The van der Waals surface area contributed by atoms with Crippen molar-refractivity contribution in [1.82, 2.24) is 5.32 Å². The Morgan fingerprint density at radius 3 is 2.55 bits per heavy atom. The van der Waals surface area contributed by atoms with Crippen molar-refractivity contribution in [2.45, 2.75) is 89.3 Å². The van der Waals surface area contributed by atoms with Crippen LogP contribution in [0.3, 0.4) is 0 Å². The van der Waals surface area contributed by atoms with Gasteiger partial charge in [0.15, 0.2) is 17.9 Å². The predicted molar refractivity (Wildman–Crippen MR) is 131 cm³/mol. The van der Waals surface area contributed by atoms with E-state index >= 15 is 0 Å². The molecule has 1 saturated carbocycles. The maximum Gasteiger partial charge on any atom is 0.333 e. The number of ether oxygens (including phenoxy) is 4. The topological polar surface area (TPSA) is 119 Å². The molecule has 1 N–H and O–H groups in total. The molecule has 208 valence electrons. The van der Waals surface area contributed by atoms with Crippen molar-refractivity contribution < 1.29 is 43.1 Å². The van der Waals surface area contributed by atoms with Crippen LogP contribution in [0, 0.1) is 23.7 Å². The molecule has 6 rings (SSSR count). The number of hydrogen-bond donors (Lipinski definition) is 1. The summed E-state index contributed by atoms with van der Waals surface area (Å²) in [6.07, 6.45) is 1.66. The van der Waals surface area contributed by atoms with Gasteiger partial charge in [0.05, 0.1) is 13.5 Å². The van der Waals surface area contributed by atoms with Gasteiger partial charge in [0.2, 0.25) is 18.0 Å². The summed E-state index contributed by atoms with van der Waals surface area (Å²) >= 11 is 0. The first-order valence-corrected chi connectivity index (χ1v) is 13.5. The van der Waals surface area contributed by atoms with Gasteiger partial charge in [0.1, 0.15) is 0 Å². The van der Waals surface area contributed by atoms with Gasteiger partial charge in [-0.2, -0.15) is 0 Å². The van der Waals surface area contributed by atoms with Gasteiger partial charge in [-0.25, -0.2) is 14.6 Å². The van der Waals surface area contributed by atoms with Gasteiger partial charge in [0, 0.05) is 24.7 Å². The van der Waals surface area contributed by atoms with Crippen LogP contribution in [0.25, 0.3) is 0 Å². The molecule has 1 spiro atoms. The second kappa shape index (κ2) is 10.6. The van der Waals surface area contributed by atoms with E-state index in [1.54, 1.807) is 24.3 Å². The highest BCUT2D eigenvalue weighted by molar-refractivity contribution is 5.87. The molecular weight excluding hydrogens is 494 g/mol. The van der Waals surface area contributed by atoms with E-state index in [0.717, 1.165) is 19.3 Å². The smallest absolute Gasteiger partial charge is 0.333 e. The van der Waals surface area contributed by atoms with Crippen LogP contribution >= 0.6 is 0 Å². The number of carbonyl (C=O) groups is 3. The second-order valence-electron chi connectivity index (χ2n) is 11.2. The van der Waals surface area contributed by atoms with Gasteiger partial charge >= 0.3 is 11.9 Å². The first-order chi connectivity index (χ1) is 18.2. The third-order valence-corrected chi connectivity index (χ3v) is 8.78. The van der Waals surface area contributed by atoms with Crippen LogP contribution < -0.4 is 5.32 Å². The number of nitrogens with one attached hydrogen (secondary N) is 1. The monoisotopic (exact) mass is 531 g/mol. The molecule has 5 aliphatic rings. The van der Waals surface area contributed by atoms with Crippen LogP contribution in [0.2, 0.25) is 0 Å². The Morgan fingerprint density at radius 1 is 1.05 bits per heavy atom. The summed E-state index contributed by atoms with van der Waals surface area (Å²) in [7, 11) is 1.26. The standard InChI is InChI=1S/C28H37NO9/c1-16-10-11-20-17(2)25(35-26-28(20)19(16)14-15-27(3,36-26)37-38-28)34-22(31)13-12-21(30)29-23(24(32)33-4)18-8-6-5-7-9-18/h5-9,16-17,19-20,23,25-26H,10-15H2,1-4H3,(H,29,30)/t16-,17-,19+,20+,23+,25-,26-,27-,28+/m1/s1. The number of rotatable bonds is 7. The van der Waals surface area contributed by atoms with E-state index < -0.39 is 47.9 Å². The Kier molecular flexibility index (Phi) is 7.52. The van der Waals surface area contributed by atoms with Crippen molar-refractivity contribution >= 4 is 17.8 Å². The third-order valence-electron chi connectivity index (χ3n) is 8.78. The first-order valence-electron chi connectivity index (χ1n) is 13.5. The van der Waals surface area contributed by atoms with Crippen LogP contribution in [0.4, 0.5) is 0 Å². The molecule has 1 aliphatic carbocycles. The maximum absolute atomic E-state index is 12.8. The molecule has 1 amide bonds.